The minimum absolute atomic E-state index is 0.0366. The monoisotopic (exact) mass is 518 g/mol. The maximum absolute atomic E-state index is 12.9. The van der Waals surface area contributed by atoms with Gasteiger partial charge in [0.2, 0.25) is 17.7 Å². The van der Waals surface area contributed by atoms with Gasteiger partial charge < -0.3 is 44.0 Å². The van der Waals surface area contributed by atoms with Gasteiger partial charge in [0.15, 0.2) is 5.96 Å². The first-order valence-corrected chi connectivity index (χ1v) is 12.3. The van der Waals surface area contributed by atoms with Crippen molar-refractivity contribution in [3.63, 3.8) is 0 Å². The Morgan fingerprint density at radius 2 is 1.43 bits per heavy atom. The Labute approximate surface area is 212 Å². The van der Waals surface area contributed by atoms with Crippen LogP contribution in [0.2, 0.25) is 0 Å². The van der Waals surface area contributed by atoms with Gasteiger partial charge in [0.1, 0.15) is 18.1 Å². The van der Waals surface area contributed by atoms with Crippen LogP contribution in [0.25, 0.3) is 0 Å². The number of carbonyl (C=O) groups excluding carboxylic acids is 3. The number of aliphatic imine (C=N–C) groups is 1. The summed E-state index contributed by atoms with van der Waals surface area (Å²) in [5, 5.41) is 17.0. The van der Waals surface area contributed by atoms with Crippen LogP contribution in [0.5, 0.6) is 0 Å². The topological polar surface area (TPSA) is 241 Å². The summed E-state index contributed by atoms with van der Waals surface area (Å²) < 4.78 is 0. The summed E-state index contributed by atoms with van der Waals surface area (Å²) in [5.74, 6) is -2.99. The summed E-state index contributed by atoms with van der Waals surface area (Å²) in [6, 6.07) is -4.07. The lowest BCUT2D eigenvalue weighted by atomic mass is 10.0. The first-order valence-electron chi connectivity index (χ1n) is 11.7. The van der Waals surface area contributed by atoms with E-state index in [1.165, 1.54) is 0 Å². The van der Waals surface area contributed by atoms with Crippen LogP contribution in [0.15, 0.2) is 4.99 Å². The van der Waals surface area contributed by atoms with E-state index in [1.54, 1.807) is 0 Å². The van der Waals surface area contributed by atoms with Crippen LogP contribution < -0.4 is 38.9 Å². The fraction of sp³-hybridized carbons (Fsp3) is 0.762. The van der Waals surface area contributed by atoms with Crippen molar-refractivity contribution in [1.82, 2.24) is 16.0 Å². The molecule has 0 spiro atoms. The van der Waals surface area contributed by atoms with Crippen LogP contribution in [0, 0.1) is 5.92 Å². The van der Waals surface area contributed by atoms with E-state index < -0.39 is 47.9 Å². The third-order valence-electron chi connectivity index (χ3n) is 5.02. The van der Waals surface area contributed by atoms with Crippen LogP contribution in [-0.2, 0) is 19.2 Å². The smallest absolute Gasteiger partial charge is 0.326 e. The average molecular weight is 519 g/mol. The van der Waals surface area contributed by atoms with Crippen molar-refractivity contribution >= 4 is 42.3 Å². The van der Waals surface area contributed by atoms with Crippen molar-refractivity contribution in [2.75, 3.05) is 18.8 Å². The van der Waals surface area contributed by atoms with Gasteiger partial charge in [-0.1, -0.05) is 13.8 Å². The average Bonchev–Trinajstić information content (AvgIpc) is 2.77. The summed E-state index contributed by atoms with van der Waals surface area (Å²) in [7, 11) is 0. The van der Waals surface area contributed by atoms with E-state index in [0.29, 0.717) is 32.2 Å². The highest BCUT2D eigenvalue weighted by atomic mass is 32.1. The van der Waals surface area contributed by atoms with Crippen molar-refractivity contribution in [3.8, 4) is 0 Å². The van der Waals surface area contributed by atoms with Gasteiger partial charge in [-0.3, -0.25) is 19.4 Å². The first kappa shape index (κ1) is 32.4. The van der Waals surface area contributed by atoms with Crippen molar-refractivity contribution in [2.45, 2.75) is 76.5 Å². The number of nitrogens with one attached hydrogen (secondary N) is 3. The fourth-order valence-corrected chi connectivity index (χ4v) is 3.41. The minimum Gasteiger partial charge on any atom is -0.480 e. The molecule has 3 amide bonds. The van der Waals surface area contributed by atoms with E-state index in [1.807, 2.05) is 13.8 Å². The van der Waals surface area contributed by atoms with E-state index in [2.05, 4.69) is 33.6 Å². The molecular weight excluding hydrogens is 476 g/mol. The van der Waals surface area contributed by atoms with Crippen molar-refractivity contribution in [1.29, 1.82) is 0 Å². The van der Waals surface area contributed by atoms with Crippen molar-refractivity contribution in [2.24, 2.45) is 33.8 Å². The second-order valence-electron chi connectivity index (χ2n) is 8.67. The van der Waals surface area contributed by atoms with Crippen molar-refractivity contribution < 1.29 is 24.3 Å². The van der Waals surface area contributed by atoms with Gasteiger partial charge in [0.25, 0.3) is 0 Å². The van der Waals surface area contributed by atoms with Crippen LogP contribution in [0.3, 0.4) is 0 Å². The quantitative estimate of drug-likeness (QED) is 0.0421. The molecule has 0 aliphatic carbocycles. The van der Waals surface area contributed by atoms with Gasteiger partial charge in [0.05, 0.1) is 6.04 Å². The lowest BCUT2D eigenvalue weighted by Crippen LogP contribution is -2.57. The minimum atomic E-state index is -1.19. The molecule has 0 rings (SSSR count). The van der Waals surface area contributed by atoms with Gasteiger partial charge in [-0.25, -0.2) is 4.79 Å². The second-order valence-corrected chi connectivity index (χ2v) is 9.04. The number of carboxylic acids is 1. The maximum atomic E-state index is 12.9. The van der Waals surface area contributed by atoms with E-state index >= 15 is 0 Å². The van der Waals surface area contributed by atoms with Gasteiger partial charge in [0, 0.05) is 12.3 Å². The predicted molar refractivity (Wildman–Crippen MR) is 138 cm³/mol. The zero-order valence-electron chi connectivity index (χ0n) is 20.5. The molecule has 0 radical (unpaired) electrons. The number of aliphatic carboxylic acids is 1. The zero-order chi connectivity index (χ0) is 27.0. The molecule has 35 heavy (non-hydrogen) atoms. The number of thiol groups is 1. The molecule has 14 heteroatoms. The van der Waals surface area contributed by atoms with E-state index in [9.17, 15) is 24.3 Å². The molecule has 202 valence electrons. The Balaban J connectivity index is 5.37. The summed E-state index contributed by atoms with van der Waals surface area (Å²) in [5.41, 5.74) is 22.0. The molecule has 0 fully saturated rings. The van der Waals surface area contributed by atoms with Crippen LogP contribution >= 0.6 is 12.6 Å². The third kappa shape index (κ3) is 14.4. The largest absolute Gasteiger partial charge is 0.480 e. The standard InChI is InChI=1S/C21H42N8O5S/c1-12(2)10-13(23)17(30)29-16(11-35)19(32)27-14(7-5-9-26-21(24)25)18(31)28-15(20(33)34)6-3-4-8-22/h12-16,35H,3-11,22-23H2,1-2H3,(H,27,32)(H,28,31)(H,29,30)(H,33,34)(H4,24,25,26). The molecule has 0 saturated carbocycles. The molecular formula is C21H42N8O5S. The number of hydrogen-bond donors (Lipinski definition) is 9. The number of carboxylic acid groups (broad SMARTS) is 1. The normalized spacial score (nSPS) is 14.3. The van der Waals surface area contributed by atoms with E-state index in [4.69, 9.17) is 22.9 Å². The number of rotatable bonds is 18. The molecule has 0 heterocycles. The van der Waals surface area contributed by atoms with E-state index in [-0.39, 0.29) is 37.0 Å². The second kappa shape index (κ2) is 17.8. The maximum Gasteiger partial charge on any atom is 0.326 e. The molecule has 0 aliphatic heterocycles. The highest BCUT2D eigenvalue weighted by Gasteiger charge is 2.29. The van der Waals surface area contributed by atoms with E-state index in [0.717, 1.165) is 0 Å². The fourth-order valence-electron chi connectivity index (χ4n) is 3.15. The first-order chi connectivity index (χ1) is 16.4. The number of amides is 3. The summed E-state index contributed by atoms with van der Waals surface area (Å²) in [6.45, 7) is 4.45. The number of carbonyl (C=O) groups is 4. The molecule has 0 bridgehead atoms. The van der Waals surface area contributed by atoms with Crippen LogP contribution in [0.1, 0.15) is 52.4 Å². The molecule has 0 aromatic heterocycles. The van der Waals surface area contributed by atoms with Gasteiger partial charge in [-0.2, -0.15) is 12.6 Å². The predicted octanol–water partition coefficient (Wildman–Crippen LogP) is -1.99. The number of hydrogen-bond acceptors (Lipinski definition) is 8. The lowest BCUT2D eigenvalue weighted by molar-refractivity contribution is -0.142. The Hall–Kier alpha value is -2.58. The van der Waals surface area contributed by atoms with Crippen LogP contribution in [-0.4, -0.2) is 77.8 Å². The highest BCUT2D eigenvalue weighted by Crippen LogP contribution is 2.06. The SMILES string of the molecule is CC(C)CC(N)C(=O)NC(CS)C(=O)NC(CCCN=C(N)N)C(=O)NC(CCCCN)C(=O)O. The number of nitrogens with zero attached hydrogens (tertiary/aromatic N) is 1. The Kier molecular flexibility index (Phi) is 16.5. The molecule has 12 N–H and O–H groups in total. The molecule has 4 atom stereocenters. The molecule has 0 aromatic rings. The molecule has 0 aliphatic rings. The number of nitrogens with two attached hydrogens (primary N) is 4. The molecule has 4 unspecified atom stereocenters. The molecule has 0 aromatic carbocycles. The van der Waals surface area contributed by atoms with Crippen LogP contribution in [0.4, 0.5) is 0 Å². The van der Waals surface area contributed by atoms with Gasteiger partial charge in [-0.15, -0.1) is 0 Å². The highest BCUT2D eigenvalue weighted by molar-refractivity contribution is 7.80. The molecule has 0 saturated heterocycles. The van der Waals surface area contributed by atoms with Gasteiger partial charge in [-0.05, 0) is 51.0 Å². The van der Waals surface area contributed by atoms with Gasteiger partial charge >= 0.3 is 5.97 Å². The summed E-state index contributed by atoms with van der Waals surface area (Å²) >= 11 is 4.13. The Morgan fingerprint density at radius 1 is 0.886 bits per heavy atom. The number of unbranched alkanes of at least 4 members (excludes halogenated alkanes) is 1. The Morgan fingerprint density at radius 3 is 1.94 bits per heavy atom. The lowest BCUT2D eigenvalue weighted by Gasteiger charge is -2.24. The summed E-state index contributed by atoms with van der Waals surface area (Å²) in [4.78, 5) is 53.5. The Bertz CT molecular complexity index is 718. The zero-order valence-corrected chi connectivity index (χ0v) is 21.4. The molecule has 13 nitrogen and oxygen atoms in total. The third-order valence-corrected chi connectivity index (χ3v) is 5.38. The number of guanidine groups is 1. The van der Waals surface area contributed by atoms with Crippen molar-refractivity contribution in [3.05, 3.63) is 0 Å². The summed E-state index contributed by atoms with van der Waals surface area (Å²) in [6.07, 6.45) is 2.21.